The number of hydrogen-bond acceptors (Lipinski definition) is 47. The highest BCUT2D eigenvalue weighted by Gasteiger charge is 2.64. The van der Waals surface area contributed by atoms with E-state index >= 15 is 0 Å². The van der Waals surface area contributed by atoms with Gasteiger partial charge in [-0.05, 0) is 174 Å². The minimum absolute atomic E-state index is 0.0198. The number of esters is 11. The lowest BCUT2D eigenvalue weighted by molar-refractivity contribution is -0.243. The number of ether oxygens (including phenoxy) is 15. The highest BCUT2D eigenvalue weighted by molar-refractivity contribution is 8.00. The van der Waals surface area contributed by atoms with Gasteiger partial charge in [-0.15, -0.1) is 11.8 Å². The Hall–Kier alpha value is -2.93. The van der Waals surface area contributed by atoms with Gasteiger partial charge in [-0.3, -0.25) is 52.7 Å². The minimum atomic E-state index is -1.50. The molecule has 0 amide bonds. The number of fused-ring (bicyclic) bond motifs is 5. The van der Waals surface area contributed by atoms with Gasteiger partial charge in [0.15, 0.2) is 0 Å². The molecule has 0 spiro atoms. The number of hydrogen-bond donors (Lipinski definition) is 13. The fourth-order valence-corrected chi connectivity index (χ4v) is 23.6. The average molecular weight is 2330 g/mol. The number of unbranched alkanes of at least 4 members (excludes halogenated alkanes) is 7. The third-order valence-electron chi connectivity index (χ3n) is 27.7. The smallest absolute Gasteiger partial charge is 0.306 e. The molecule has 11 N–H and O–H groups in total. The molecule has 2 aliphatic heterocycles. The first-order chi connectivity index (χ1) is 71.6. The van der Waals surface area contributed by atoms with E-state index in [1.165, 1.54) is 166 Å². The van der Waals surface area contributed by atoms with Crippen LogP contribution >= 0.6 is 119 Å². The minimum Gasteiger partial charge on any atom is -0.469 e. The van der Waals surface area contributed by atoms with Gasteiger partial charge in [0.2, 0.25) is 0 Å². The van der Waals surface area contributed by atoms with Crippen molar-refractivity contribution in [3.8, 4) is 0 Å². The molecule has 13 unspecified atom stereocenters. The van der Waals surface area contributed by atoms with Crippen molar-refractivity contribution in [1.82, 2.24) is 0 Å². The molecule has 2 saturated heterocycles. The van der Waals surface area contributed by atoms with Crippen molar-refractivity contribution >= 4 is 185 Å². The average Bonchev–Trinajstić information content (AvgIpc) is 1.49. The maximum Gasteiger partial charge on any atom is 0.306 e. The highest BCUT2D eigenvalue weighted by Crippen LogP contribution is 2.68. The summed E-state index contributed by atoms with van der Waals surface area (Å²) < 4.78 is 80.9. The van der Waals surface area contributed by atoms with E-state index in [0.29, 0.717) is 138 Å². The Labute approximate surface area is 934 Å². The van der Waals surface area contributed by atoms with Crippen molar-refractivity contribution < 1.29 is 180 Å². The normalized spacial score (nSPS) is 25.3. The first-order valence-corrected chi connectivity index (χ1v) is 64.2. The molecule has 6 fully saturated rings. The molecule has 0 radical (unpaired) electrons. The molecule has 150 heavy (non-hydrogen) atoms. The summed E-state index contributed by atoms with van der Waals surface area (Å²) in [5.74, 6) is 4.40. The van der Waals surface area contributed by atoms with Crippen molar-refractivity contribution in [3.63, 3.8) is 0 Å². The second kappa shape index (κ2) is 83.3. The van der Waals surface area contributed by atoms with E-state index in [4.69, 9.17) is 71.4 Å². The first-order valence-electron chi connectivity index (χ1n) is 52.4. The zero-order chi connectivity index (χ0) is 112. The predicted molar refractivity (Wildman–Crippen MR) is 594 cm³/mol. The van der Waals surface area contributed by atoms with Crippen LogP contribution in [0, 0.1) is 63.1 Å². The fraction of sp³-hybridized carbons (Fsp3) is 0.893. The van der Waals surface area contributed by atoms with Crippen molar-refractivity contribution in [2.45, 2.75) is 300 Å². The molecule has 22 atom stereocenters. The van der Waals surface area contributed by atoms with E-state index in [1.807, 2.05) is 37.5 Å². The Kier molecular flexibility index (Phi) is 79.5. The Balaban J connectivity index is 0.000000676. The summed E-state index contributed by atoms with van der Waals surface area (Å²) in [5.41, 5.74) is -3.06. The number of thioether (sulfide) groups is 8. The van der Waals surface area contributed by atoms with Crippen LogP contribution in [0.15, 0.2) is 0 Å². The van der Waals surface area contributed by atoms with Gasteiger partial charge in [-0.1, -0.05) is 66.2 Å². The van der Waals surface area contributed by atoms with Gasteiger partial charge in [0.1, 0.15) is 101 Å². The molecule has 0 aromatic carbocycles. The highest BCUT2D eigenvalue weighted by atomic mass is 32.2. The molecule has 4 aliphatic carbocycles. The second-order valence-electron chi connectivity index (χ2n) is 39.6. The zero-order valence-corrected chi connectivity index (χ0v) is 99.0. The van der Waals surface area contributed by atoms with E-state index in [1.54, 1.807) is 6.92 Å². The lowest BCUT2D eigenvalue weighted by Gasteiger charge is -2.62. The quantitative estimate of drug-likeness (QED) is 0.0116. The Morgan fingerprint density at radius 2 is 0.873 bits per heavy atom. The fourth-order valence-electron chi connectivity index (χ4n) is 19.0. The number of carbonyl (C=O) groups excluding carboxylic acids is 11. The molecule has 6 rings (SSSR count). The number of methoxy groups -OCH3 is 1. The maximum atomic E-state index is 12.7. The van der Waals surface area contributed by atoms with Gasteiger partial charge in [0, 0.05) is 76.8 Å². The molecule has 0 bridgehead atoms. The number of rotatable bonds is 71. The van der Waals surface area contributed by atoms with Crippen LogP contribution in [-0.4, -0.2) is 414 Å². The molecule has 6 aliphatic rings. The lowest BCUT2D eigenvalue weighted by Crippen LogP contribution is -2.60. The molecular formula is C103H182O37S10. The Morgan fingerprint density at radius 1 is 0.433 bits per heavy atom. The first kappa shape index (κ1) is 143. The second-order valence-corrected chi connectivity index (χ2v) is 48.7. The summed E-state index contributed by atoms with van der Waals surface area (Å²) in [7, 11) is 1.46. The Bertz CT molecular complexity index is 3470. The molecule has 2 heterocycles. The van der Waals surface area contributed by atoms with Crippen LogP contribution < -0.4 is 0 Å². The van der Waals surface area contributed by atoms with Gasteiger partial charge in [0.05, 0.1) is 159 Å². The number of aliphatic hydroxyl groups excluding tert-OH is 11. The van der Waals surface area contributed by atoms with Crippen LogP contribution in [0.4, 0.5) is 0 Å². The Morgan fingerprint density at radius 3 is 1.31 bits per heavy atom. The topological polar surface area (TPSA) is 549 Å². The van der Waals surface area contributed by atoms with E-state index < -0.39 is 138 Å². The molecule has 37 nitrogen and oxygen atoms in total. The SMILES string of the molecule is CC(=O)OCC(O)COC(=O)CCSCC(C)O.CCCCCCCCCS[C@@H]1OC(CO)[C@H](COC[C@@H]2OC(CO)[C@@H](O)[C@@H](O)C2O)[C@@H](O)C1O.COC(=O)CCC(C)C1CCC2C3CCC4CC(O)CC[C@]4(C)C3C[C@H](O)[C@]12C.CSCCC(=O)OCC(COCC(COC(=O)CCSC)(COC(=O)CCSC)COC(=O)CCSC)(COC(=O)CCSC)COC(=O)CCSC.O=C(CCS)OCCCCOC(=O)CCS. The molecule has 0 aromatic rings. The van der Waals surface area contributed by atoms with Crippen LogP contribution in [0.5, 0.6) is 0 Å². The van der Waals surface area contributed by atoms with Crippen molar-refractivity contribution in [2.75, 3.05) is 214 Å². The summed E-state index contributed by atoms with van der Waals surface area (Å²) in [6.45, 7) is 9.04. The third-order valence-corrected chi connectivity index (χ3v) is 34.3. The van der Waals surface area contributed by atoms with E-state index in [2.05, 4.69) is 57.7 Å². The van der Waals surface area contributed by atoms with E-state index in [9.17, 15) is 104 Å². The monoisotopic (exact) mass is 2330 g/mol. The van der Waals surface area contributed by atoms with Crippen LogP contribution in [0.25, 0.3) is 0 Å². The van der Waals surface area contributed by atoms with Crippen LogP contribution in [-0.2, 0) is 124 Å². The summed E-state index contributed by atoms with van der Waals surface area (Å²) >= 11 is 19.6. The van der Waals surface area contributed by atoms with Crippen molar-refractivity contribution in [2.24, 2.45) is 63.1 Å². The van der Waals surface area contributed by atoms with Crippen molar-refractivity contribution in [1.29, 1.82) is 0 Å². The maximum absolute atomic E-state index is 12.7. The summed E-state index contributed by atoms with van der Waals surface area (Å²) in [6.07, 6.45) is 21.6. The van der Waals surface area contributed by atoms with Crippen LogP contribution in [0.3, 0.4) is 0 Å². The molecule has 47 heteroatoms. The standard InChI is InChI=1S/C34H58O13S6.C25H42O4.C23H44O10S.C11H20O6S.C10H18O4S2/c1-48-13-7-27(35)42-21-33(22-43-28(36)8-14-49-2,23-44-29(37)9-15-50-3)19-41-20-34(24-45-30(38)10-16-51-4,25-46-31(39)11-17-52-5)26-47-32(40)12-18-53-6;1-15(5-10-23(28)29-4)19-8-9-20-18-7-6-16-13-17(26)11-12-24(16,2)21(18)14-22(27)25(19,20)3;1-2-3-4-5-6-7-8-9-34-23-22(30)18(26)14(15(10-24)33-23)12-31-13-17-20(28)21(29)19(27)16(11-25)32-17;1-8(12)7-18-4-3-11(15)17-6-10(14)5-16-9(2)13;11-9(3-7-15)13-5-1-2-6-14-10(12)4-8-16/h7-26H2,1-6H3;15-22,26-27H,5-14H2,1-4H3;14-30H,2-13H2,1H3;8,10,12,14H,3-7H2,1-2H3;15-16H,1-8H2/t;15?,16?,17?,18?,19?,20?,21?,22-,24-,25+;14-,15?,16?,17-,18+,19+,20?,21+,22?,23-;;/m.00../s1. The largest absolute Gasteiger partial charge is 0.469 e. The number of aliphatic hydroxyl groups is 11. The summed E-state index contributed by atoms with van der Waals surface area (Å²) in [5, 5.41) is 110. The van der Waals surface area contributed by atoms with Gasteiger partial charge in [0.25, 0.3) is 0 Å². The summed E-state index contributed by atoms with van der Waals surface area (Å²) in [4.78, 5) is 131. The van der Waals surface area contributed by atoms with Gasteiger partial charge < -0.3 is 127 Å². The number of carbonyl (C=O) groups is 11. The zero-order valence-electron chi connectivity index (χ0n) is 90.6. The van der Waals surface area contributed by atoms with Crippen LogP contribution in [0.2, 0.25) is 0 Å². The van der Waals surface area contributed by atoms with Crippen molar-refractivity contribution in [3.05, 3.63) is 0 Å². The van der Waals surface area contributed by atoms with E-state index in [-0.39, 0.29) is 166 Å². The molecule has 4 saturated carbocycles. The molecule has 876 valence electrons. The van der Waals surface area contributed by atoms with Gasteiger partial charge in [-0.2, -0.15) is 108 Å². The summed E-state index contributed by atoms with van der Waals surface area (Å²) in [6, 6.07) is 0. The van der Waals surface area contributed by atoms with Crippen LogP contribution in [0.1, 0.15) is 221 Å². The van der Waals surface area contributed by atoms with Gasteiger partial charge in [-0.25, -0.2) is 0 Å². The molecular weight excluding hydrogens is 2150 g/mol. The lowest BCUT2D eigenvalue weighted by atomic mass is 9.43. The third kappa shape index (κ3) is 56.9. The molecule has 0 aromatic heterocycles. The van der Waals surface area contributed by atoms with E-state index in [0.717, 1.165) is 56.6 Å². The number of thiol groups is 2. The predicted octanol–water partition coefficient (Wildman–Crippen LogP) is 10.2. The van der Waals surface area contributed by atoms with Gasteiger partial charge >= 0.3 is 65.7 Å².